The molecule has 2 aliphatic heterocycles. The van der Waals surface area contributed by atoms with Gasteiger partial charge < -0.3 is 19.7 Å². The minimum absolute atomic E-state index is 0.0169. The molecule has 190 valence electrons. The maximum absolute atomic E-state index is 13.3. The van der Waals surface area contributed by atoms with Crippen LogP contribution in [0.5, 0.6) is 0 Å². The van der Waals surface area contributed by atoms with E-state index in [1.807, 2.05) is 13.8 Å². The van der Waals surface area contributed by atoms with Gasteiger partial charge in [0.15, 0.2) is 0 Å². The fraction of sp³-hybridized carbons (Fsp3) is 0.667. The van der Waals surface area contributed by atoms with Gasteiger partial charge >= 0.3 is 0 Å². The Morgan fingerprint density at radius 3 is 2.62 bits per heavy atom. The molecule has 2 amide bonds. The van der Waals surface area contributed by atoms with Crippen molar-refractivity contribution < 1.29 is 27.5 Å². The summed E-state index contributed by atoms with van der Waals surface area (Å²) in [5, 5.41) is 2.85. The van der Waals surface area contributed by atoms with E-state index in [0.717, 1.165) is 19.3 Å². The number of piperidine rings is 1. The molecule has 0 saturated carbocycles. The molecule has 1 N–H and O–H groups in total. The normalized spacial score (nSPS) is 20.8. The first kappa shape index (κ1) is 26.6. The maximum Gasteiger partial charge on any atom is 0.251 e. The molecule has 1 aromatic rings. The Morgan fingerprint density at radius 2 is 1.94 bits per heavy atom. The highest BCUT2D eigenvalue weighted by Gasteiger charge is 2.33. The predicted molar refractivity (Wildman–Crippen MR) is 128 cm³/mol. The Bertz CT molecular complexity index is 946. The van der Waals surface area contributed by atoms with Crippen LogP contribution >= 0.6 is 0 Å². The van der Waals surface area contributed by atoms with Crippen molar-refractivity contribution in [3.8, 4) is 0 Å². The Morgan fingerprint density at radius 1 is 1.21 bits per heavy atom. The zero-order valence-corrected chi connectivity index (χ0v) is 21.2. The molecule has 2 heterocycles. The number of amides is 2. The van der Waals surface area contributed by atoms with E-state index >= 15 is 0 Å². The van der Waals surface area contributed by atoms with Gasteiger partial charge in [0.1, 0.15) is 6.04 Å². The maximum atomic E-state index is 13.3. The van der Waals surface area contributed by atoms with Crippen LogP contribution < -0.4 is 5.32 Å². The Hall–Kier alpha value is -2.01. The minimum Gasteiger partial charge on any atom is -0.379 e. The van der Waals surface area contributed by atoms with Gasteiger partial charge in [0.05, 0.1) is 24.2 Å². The van der Waals surface area contributed by atoms with Gasteiger partial charge in [0.25, 0.3) is 5.91 Å². The van der Waals surface area contributed by atoms with Gasteiger partial charge in [0.2, 0.25) is 15.9 Å². The highest BCUT2D eigenvalue weighted by molar-refractivity contribution is 7.89. The SMILES string of the molecule is CCCOC1CCCN(C(=O)C(NC(=O)c2cccc(S(=O)(=O)N3CCOCC3)c2)C(C)C)C1. The highest BCUT2D eigenvalue weighted by atomic mass is 32.2. The molecule has 9 nitrogen and oxygen atoms in total. The Balaban J connectivity index is 1.71. The third-order valence-corrected chi connectivity index (χ3v) is 8.07. The number of nitrogens with one attached hydrogen (secondary N) is 1. The quantitative estimate of drug-likeness (QED) is 0.561. The first-order chi connectivity index (χ1) is 16.2. The van der Waals surface area contributed by atoms with E-state index in [0.29, 0.717) is 32.9 Å². The van der Waals surface area contributed by atoms with E-state index in [1.165, 1.54) is 16.4 Å². The number of rotatable bonds is 9. The number of sulfonamides is 1. The fourth-order valence-corrected chi connectivity index (χ4v) is 5.68. The second-order valence-electron chi connectivity index (χ2n) is 9.16. The van der Waals surface area contributed by atoms with Crippen molar-refractivity contribution in [2.45, 2.75) is 57.1 Å². The number of ether oxygens (including phenoxy) is 2. The van der Waals surface area contributed by atoms with E-state index in [1.54, 1.807) is 17.0 Å². The summed E-state index contributed by atoms with van der Waals surface area (Å²) in [5.74, 6) is -0.735. The number of hydrogen-bond acceptors (Lipinski definition) is 6. The zero-order chi connectivity index (χ0) is 24.7. The summed E-state index contributed by atoms with van der Waals surface area (Å²) in [6, 6.07) is 5.26. The second kappa shape index (κ2) is 12.1. The van der Waals surface area contributed by atoms with Gasteiger partial charge in [-0.1, -0.05) is 26.8 Å². The topological polar surface area (TPSA) is 105 Å². The van der Waals surface area contributed by atoms with Crippen molar-refractivity contribution in [3.05, 3.63) is 29.8 Å². The van der Waals surface area contributed by atoms with Gasteiger partial charge in [-0.3, -0.25) is 9.59 Å². The number of hydrogen-bond donors (Lipinski definition) is 1. The first-order valence-corrected chi connectivity index (χ1v) is 13.6. The molecule has 34 heavy (non-hydrogen) atoms. The van der Waals surface area contributed by atoms with Crippen LogP contribution in [0, 0.1) is 5.92 Å². The molecular formula is C24H37N3O6S. The molecular weight excluding hydrogens is 458 g/mol. The smallest absolute Gasteiger partial charge is 0.251 e. The van der Waals surface area contributed by atoms with E-state index in [9.17, 15) is 18.0 Å². The second-order valence-corrected chi connectivity index (χ2v) is 11.1. The lowest BCUT2D eigenvalue weighted by Crippen LogP contribution is -2.54. The lowest BCUT2D eigenvalue weighted by molar-refractivity contribution is -0.138. The molecule has 2 saturated heterocycles. The molecule has 0 spiro atoms. The van der Waals surface area contributed by atoms with Crippen molar-refractivity contribution in [2.24, 2.45) is 5.92 Å². The summed E-state index contributed by atoms with van der Waals surface area (Å²) in [5.41, 5.74) is 0.204. The number of carbonyl (C=O) groups excluding carboxylic acids is 2. The molecule has 3 rings (SSSR count). The molecule has 2 aliphatic rings. The van der Waals surface area contributed by atoms with Crippen molar-refractivity contribution in [2.75, 3.05) is 46.0 Å². The van der Waals surface area contributed by atoms with Crippen LogP contribution in [0.15, 0.2) is 29.2 Å². The fourth-order valence-electron chi connectivity index (χ4n) is 4.23. The van der Waals surface area contributed by atoms with E-state index in [-0.39, 0.29) is 41.5 Å². The molecule has 0 aliphatic carbocycles. The number of nitrogens with zero attached hydrogens (tertiary/aromatic N) is 2. The van der Waals surface area contributed by atoms with E-state index in [4.69, 9.17) is 9.47 Å². The van der Waals surface area contributed by atoms with Gasteiger partial charge in [-0.2, -0.15) is 4.31 Å². The van der Waals surface area contributed by atoms with Crippen molar-refractivity contribution in [3.63, 3.8) is 0 Å². The number of likely N-dealkylation sites (tertiary alicyclic amines) is 1. The number of benzene rings is 1. The van der Waals surface area contributed by atoms with Crippen LogP contribution in [0.25, 0.3) is 0 Å². The summed E-state index contributed by atoms with van der Waals surface area (Å²) in [6.07, 6.45) is 2.73. The molecule has 0 radical (unpaired) electrons. The molecule has 2 atom stereocenters. The average molecular weight is 496 g/mol. The lowest BCUT2D eigenvalue weighted by atomic mass is 10.00. The molecule has 0 aromatic heterocycles. The Kier molecular flexibility index (Phi) is 9.47. The van der Waals surface area contributed by atoms with Crippen molar-refractivity contribution >= 4 is 21.8 Å². The number of carbonyl (C=O) groups is 2. The molecule has 0 bridgehead atoms. The summed E-state index contributed by atoms with van der Waals surface area (Å²) < 4.78 is 38.4. The number of morpholine rings is 1. The van der Waals surface area contributed by atoms with E-state index in [2.05, 4.69) is 12.2 Å². The summed E-state index contributed by atoms with van der Waals surface area (Å²) in [7, 11) is -3.73. The molecule has 1 aromatic carbocycles. The summed E-state index contributed by atoms with van der Waals surface area (Å²) in [6.45, 7) is 8.90. The van der Waals surface area contributed by atoms with Crippen LogP contribution in [0.1, 0.15) is 50.4 Å². The van der Waals surface area contributed by atoms with Crippen LogP contribution in [0.2, 0.25) is 0 Å². The third-order valence-electron chi connectivity index (χ3n) is 6.17. The third kappa shape index (κ3) is 6.56. The highest BCUT2D eigenvalue weighted by Crippen LogP contribution is 2.20. The van der Waals surface area contributed by atoms with Crippen molar-refractivity contribution in [1.29, 1.82) is 0 Å². The van der Waals surface area contributed by atoms with Gasteiger partial charge in [-0.15, -0.1) is 0 Å². The summed E-state index contributed by atoms with van der Waals surface area (Å²) >= 11 is 0. The van der Waals surface area contributed by atoms with Crippen LogP contribution in [0.3, 0.4) is 0 Å². The summed E-state index contributed by atoms with van der Waals surface area (Å²) in [4.78, 5) is 28.2. The van der Waals surface area contributed by atoms with Crippen LogP contribution in [-0.2, 0) is 24.3 Å². The van der Waals surface area contributed by atoms with Crippen molar-refractivity contribution in [1.82, 2.24) is 14.5 Å². The largest absolute Gasteiger partial charge is 0.379 e. The predicted octanol–water partition coefficient (Wildman–Crippen LogP) is 1.88. The molecule has 2 fully saturated rings. The first-order valence-electron chi connectivity index (χ1n) is 12.1. The van der Waals surface area contributed by atoms with Gasteiger partial charge in [-0.05, 0) is 43.4 Å². The van der Waals surface area contributed by atoms with Crippen LogP contribution in [0.4, 0.5) is 0 Å². The Labute approximate surface area is 202 Å². The van der Waals surface area contributed by atoms with Crippen LogP contribution in [-0.4, -0.2) is 87.6 Å². The minimum atomic E-state index is -3.73. The standard InChI is InChI=1S/C24H37N3O6S/c1-4-13-33-20-8-6-10-26(17-20)24(29)22(18(2)3)25-23(28)19-7-5-9-21(16-19)34(30,31)27-11-14-32-15-12-27/h5,7,9,16,18,20,22H,4,6,8,10-15,17H2,1-3H3,(H,25,28). The molecule has 10 heteroatoms. The van der Waals surface area contributed by atoms with Gasteiger partial charge in [-0.25, -0.2) is 8.42 Å². The monoisotopic (exact) mass is 495 g/mol. The zero-order valence-electron chi connectivity index (χ0n) is 20.4. The lowest BCUT2D eigenvalue weighted by Gasteiger charge is -2.36. The van der Waals surface area contributed by atoms with E-state index < -0.39 is 22.0 Å². The molecule has 2 unspecified atom stereocenters. The van der Waals surface area contributed by atoms with Gasteiger partial charge in [0, 0.05) is 38.3 Å². The average Bonchev–Trinajstić information content (AvgIpc) is 2.86.